The van der Waals surface area contributed by atoms with Crippen LogP contribution in [0.4, 0.5) is 4.79 Å². The molecule has 0 saturated carbocycles. The standard InChI is InChI=1S/C55H77N5O27S/c1-26(56-54(75)87-55(9,10)11)47(70)59-37(50(73)60-19-15-18-38(60)49(72)57-35(20-61)48(71)58-36(21-62)51(74)78-22-34-16-13-12-14-17-34)25-88-53-46(83-33(8)69)44(81-31(6)67)42(40(85-53)24-77-28(3)64)86-52-45(82-32(7)68)43(80-30(5)66)41(79-29(4)65)39(84-52)23-76-27(2)63/h12-14,16-17,26,35-46,52-53,61-62H,15,18-25H2,1-11H3,(H,56,75)(H,57,72)(H,58,71)(H,59,70)/t26-,35-,36-,37-,38-,39+,40+,41-,42+,43-,44-,45+,46+,52-,53-/m0/s1. The second-order valence-electron chi connectivity index (χ2n) is 21.2. The van der Waals surface area contributed by atoms with Gasteiger partial charge in [0.2, 0.25) is 23.6 Å². The number of aliphatic hydroxyl groups is 2. The summed E-state index contributed by atoms with van der Waals surface area (Å²) in [6, 6.07) is 0.579. The summed E-state index contributed by atoms with van der Waals surface area (Å²) in [5, 5.41) is 29.8. The Kier molecular flexibility index (Phi) is 28.2. The molecular weight excluding hydrogens is 1190 g/mol. The number of hydrogen-bond acceptors (Lipinski definition) is 28. The van der Waals surface area contributed by atoms with Crippen LogP contribution in [0.3, 0.4) is 0 Å². The number of amides is 5. The lowest BCUT2D eigenvalue weighted by Gasteiger charge is -2.48. The summed E-state index contributed by atoms with van der Waals surface area (Å²) in [6.07, 6.45) is -16.9. The van der Waals surface area contributed by atoms with E-state index < -0.39 is 206 Å². The van der Waals surface area contributed by atoms with Gasteiger partial charge in [-0.25, -0.2) is 9.59 Å². The predicted molar refractivity (Wildman–Crippen MR) is 295 cm³/mol. The molecule has 0 spiro atoms. The number of nitrogens with zero attached hydrogens (tertiary/aromatic N) is 1. The summed E-state index contributed by atoms with van der Waals surface area (Å²) in [6.45, 7) is 9.12. The summed E-state index contributed by atoms with van der Waals surface area (Å²) < 4.78 is 68.2. The van der Waals surface area contributed by atoms with Gasteiger partial charge in [-0.1, -0.05) is 30.3 Å². The average Bonchev–Trinajstić information content (AvgIpc) is 1.93. The number of benzene rings is 1. The Morgan fingerprint density at radius 2 is 1.11 bits per heavy atom. The van der Waals surface area contributed by atoms with Crippen molar-refractivity contribution in [1.29, 1.82) is 0 Å². The van der Waals surface area contributed by atoms with Crippen molar-refractivity contribution in [1.82, 2.24) is 26.2 Å². The molecule has 6 N–H and O–H groups in total. The van der Waals surface area contributed by atoms with Gasteiger partial charge in [-0.15, -0.1) is 11.8 Å². The minimum absolute atomic E-state index is 0.0318. The topological polar surface area (TPSA) is 424 Å². The van der Waals surface area contributed by atoms with E-state index in [9.17, 15) is 72.5 Å². The number of hydrogen-bond donors (Lipinski definition) is 6. The van der Waals surface area contributed by atoms with E-state index >= 15 is 0 Å². The fourth-order valence-corrected chi connectivity index (χ4v) is 10.3. The first kappa shape index (κ1) is 72.8. The number of likely N-dealkylation sites (tertiary alicyclic amines) is 1. The lowest BCUT2D eigenvalue weighted by Crippen LogP contribution is -2.67. The van der Waals surface area contributed by atoms with Gasteiger partial charge in [0.25, 0.3) is 0 Å². The zero-order valence-electron chi connectivity index (χ0n) is 50.4. The van der Waals surface area contributed by atoms with Crippen LogP contribution < -0.4 is 21.3 Å². The quantitative estimate of drug-likeness (QED) is 0.0428. The summed E-state index contributed by atoms with van der Waals surface area (Å²) in [4.78, 5) is 172. The van der Waals surface area contributed by atoms with Gasteiger partial charge in [0.05, 0.1) is 13.2 Å². The molecule has 3 fully saturated rings. The van der Waals surface area contributed by atoms with Crippen LogP contribution in [0.5, 0.6) is 0 Å². The predicted octanol–water partition coefficient (Wildman–Crippen LogP) is -1.57. The van der Waals surface area contributed by atoms with E-state index in [2.05, 4.69) is 21.3 Å². The number of ether oxygens (including phenoxy) is 12. The Bertz CT molecular complexity index is 2660. The van der Waals surface area contributed by atoms with Crippen molar-refractivity contribution in [2.45, 2.75) is 192 Å². The molecule has 3 heterocycles. The van der Waals surface area contributed by atoms with Gasteiger partial charge in [-0.05, 0) is 46.1 Å². The molecule has 32 nitrogen and oxygen atoms in total. The van der Waals surface area contributed by atoms with E-state index in [1.165, 1.54) is 6.92 Å². The van der Waals surface area contributed by atoms with E-state index in [1.807, 2.05) is 0 Å². The fraction of sp³-hybridized carbons (Fsp3) is 0.655. The highest BCUT2D eigenvalue weighted by molar-refractivity contribution is 7.99. The molecule has 1 aromatic carbocycles. The Hall–Kier alpha value is -7.72. The number of aliphatic hydroxyl groups excluding tert-OH is 2. The van der Waals surface area contributed by atoms with Crippen LogP contribution >= 0.6 is 11.8 Å². The van der Waals surface area contributed by atoms with Gasteiger partial charge in [-0.3, -0.25) is 52.7 Å². The third-order valence-electron chi connectivity index (χ3n) is 12.7. The Morgan fingerprint density at radius 3 is 1.65 bits per heavy atom. The minimum Gasteiger partial charge on any atom is -0.463 e. The van der Waals surface area contributed by atoms with Gasteiger partial charge in [0.1, 0.15) is 73.3 Å². The molecule has 4 rings (SSSR count). The lowest BCUT2D eigenvalue weighted by atomic mass is 9.96. The fourth-order valence-electron chi connectivity index (χ4n) is 9.06. The van der Waals surface area contributed by atoms with Gasteiger partial charge >= 0.3 is 53.8 Å². The van der Waals surface area contributed by atoms with Crippen LogP contribution in [0, 0.1) is 0 Å². The van der Waals surface area contributed by atoms with Crippen LogP contribution in [0.2, 0.25) is 0 Å². The summed E-state index contributed by atoms with van der Waals surface area (Å²) in [7, 11) is 0. The van der Waals surface area contributed by atoms with E-state index in [-0.39, 0.29) is 26.0 Å². The number of carbonyl (C=O) groups is 13. The molecular formula is C55H77N5O27S. The second kappa shape index (κ2) is 34.1. The van der Waals surface area contributed by atoms with Crippen molar-refractivity contribution in [2.75, 3.05) is 38.7 Å². The number of thioether (sulfide) groups is 1. The number of rotatable bonds is 27. The van der Waals surface area contributed by atoms with Crippen molar-refractivity contribution in [3.63, 3.8) is 0 Å². The van der Waals surface area contributed by atoms with Crippen LogP contribution in [-0.4, -0.2) is 228 Å². The third kappa shape index (κ3) is 22.8. The van der Waals surface area contributed by atoms with Gasteiger partial charge in [0, 0.05) is 60.8 Å². The summed E-state index contributed by atoms with van der Waals surface area (Å²) in [5.41, 5.74) is -2.02. The molecule has 0 unspecified atom stereocenters. The molecule has 1 aromatic rings. The van der Waals surface area contributed by atoms with Crippen molar-refractivity contribution in [3.05, 3.63) is 35.9 Å². The molecule has 3 saturated heterocycles. The SMILES string of the molecule is CC(=O)OC[C@H]1O[C@@H](O[C@H]2[C@H](OC(C)=O)[C@@H](OC(C)=O)[C@H](SC[C@H](NC(=O)[C@H](C)NC(=O)OC(C)(C)C)C(=O)N3CCC[C@H]3C(=O)N[C@@H](CO)C(=O)N[C@@H](CO)C(=O)OCc3ccccc3)O[C@@H]2COC(C)=O)[C@H](OC(C)=O)[C@@H](OC(C)=O)[C@H]1OC(C)=O. The number of carbonyl (C=O) groups excluding carboxylic acids is 13. The van der Waals surface area contributed by atoms with E-state index in [1.54, 1.807) is 51.1 Å². The summed E-state index contributed by atoms with van der Waals surface area (Å²) in [5.74, 6) is -12.4. The van der Waals surface area contributed by atoms with Crippen molar-refractivity contribution < 1.29 is 129 Å². The monoisotopic (exact) mass is 1270 g/mol. The molecule has 0 radical (unpaired) electrons. The van der Waals surface area contributed by atoms with Crippen LogP contribution in [0.15, 0.2) is 30.3 Å². The maximum Gasteiger partial charge on any atom is 0.408 e. The lowest BCUT2D eigenvalue weighted by molar-refractivity contribution is -0.341. The van der Waals surface area contributed by atoms with Gasteiger partial charge < -0.3 is 93.2 Å². The zero-order chi connectivity index (χ0) is 65.7. The van der Waals surface area contributed by atoms with E-state index in [0.717, 1.165) is 53.4 Å². The zero-order valence-corrected chi connectivity index (χ0v) is 51.2. The van der Waals surface area contributed by atoms with Gasteiger partial charge in [-0.2, -0.15) is 0 Å². The Balaban J connectivity index is 1.75. The molecule has 0 aliphatic carbocycles. The first-order valence-corrected chi connectivity index (χ1v) is 28.7. The van der Waals surface area contributed by atoms with Gasteiger partial charge in [0.15, 0.2) is 42.9 Å². The molecule has 490 valence electrons. The molecule has 3 aliphatic heterocycles. The molecule has 0 aromatic heterocycles. The normalized spacial score (nSPS) is 24.6. The molecule has 5 amide bonds. The summed E-state index contributed by atoms with van der Waals surface area (Å²) >= 11 is 0.646. The maximum atomic E-state index is 15.0. The highest BCUT2D eigenvalue weighted by Crippen LogP contribution is 2.38. The van der Waals surface area contributed by atoms with E-state index in [4.69, 9.17) is 56.8 Å². The number of alkyl carbamates (subject to hydrolysis) is 1. The molecule has 15 atom stereocenters. The Morgan fingerprint density at radius 1 is 0.602 bits per heavy atom. The van der Waals surface area contributed by atoms with Crippen molar-refractivity contribution in [3.8, 4) is 0 Å². The molecule has 3 aliphatic rings. The highest BCUT2D eigenvalue weighted by atomic mass is 32.2. The van der Waals surface area contributed by atoms with Crippen LogP contribution in [-0.2, 0) is 121 Å². The molecule has 88 heavy (non-hydrogen) atoms. The average molecular weight is 1270 g/mol. The maximum absolute atomic E-state index is 15.0. The van der Waals surface area contributed by atoms with E-state index in [0.29, 0.717) is 17.3 Å². The number of nitrogens with one attached hydrogen (secondary N) is 4. The highest BCUT2D eigenvalue weighted by Gasteiger charge is 2.58. The number of esters is 8. The van der Waals surface area contributed by atoms with Crippen LogP contribution in [0.25, 0.3) is 0 Å². The van der Waals surface area contributed by atoms with Crippen molar-refractivity contribution >= 4 is 89.2 Å². The molecule has 33 heteroatoms. The Labute approximate surface area is 509 Å². The van der Waals surface area contributed by atoms with Crippen molar-refractivity contribution in [2.24, 2.45) is 0 Å². The largest absolute Gasteiger partial charge is 0.463 e. The second-order valence-corrected chi connectivity index (χ2v) is 22.3. The minimum atomic E-state index is -2.00. The first-order valence-electron chi connectivity index (χ1n) is 27.7. The third-order valence-corrected chi connectivity index (χ3v) is 13.9. The first-order chi connectivity index (χ1) is 41.3. The van der Waals surface area contributed by atoms with Crippen LogP contribution in [0.1, 0.15) is 94.6 Å². The smallest absolute Gasteiger partial charge is 0.408 e. The molecule has 0 bridgehead atoms.